The van der Waals surface area contributed by atoms with Crippen LogP contribution >= 0.6 is 0 Å². The standard InChI is InChI=1S/C13H17F3N2O/c1-12(2,18-11(19)8-17-3)9-6-4-5-7-10(9)13(14,15)16/h4-7,17H,8H2,1-3H3,(H,18,19). The van der Waals surface area contributed by atoms with Crippen molar-refractivity contribution in [2.75, 3.05) is 13.6 Å². The SMILES string of the molecule is CNCC(=O)NC(C)(C)c1ccccc1C(F)(F)F. The maximum absolute atomic E-state index is 12.9. The number of hydrogen-bond donors (Lipinski definition) is 2. The van der Waals surface area contributed by atoms with E-state index in [2.05, 4.69) is 10.6 Å². The van der Waals surface area contributed by atoms with E-state index in [-0.39, 0.29) is 18.0 Å². The van der Waals surface area contributed by atoms with Gasteiger partial charge in [0.05, 0.1) is 17.6 Å². The lowest BCUT2D eigenvalue weighted by Gasteiger charge is -2.29. The molecule has 0 aliphatic carbocycles. The molecule has 0 saturated heterocycles. The second-order valence-electron chi connectivity index (χ2n) is 4.75. The smallest absolute Gasteiger partial charge is 0.346 e. The first-order chi connectivity index (χ1) is 8.68. The van der Waals surface area contributed by atoms with Gasteiger partial charge in [0.1, 0.15) is 0 Å². The lowest BCUT2D eigenvalue weighted by molar-refractivity contribution is -0.139. The van der Waals surface area contributed by atoms with Gasteiger partial charge in [0.15, 0.2) is 0 Å². The van der Waals surface area contributed by atoms with Gasteiger partial charge >= 0.3 is 6.18 Å². The fourth-order valence-electron chi connectivity index (χ4n) is 1.90. The number of carbonyl (C=O) groups excluding carboxylic acids is 1. The van der Waals surface area contributed by atoms with E-state index in [4.69, 9.17) is 0 Å². The fraction of sp³-hybridized carbons (Fsp3) is 0.462. The summed E-state index contributed by atoms with van der Waals surface area (Å²) in [5, 5.41) is 5.24. The van der Waals surface area contributed by atoms with Gasteiger partial charge in [0.2, 0.25) is 5.91 Å². The number of halogens is 3. The Morgan fingerprint density at radius 3 is 2.16 bits per heavy atom. The van der Waals surface area contributed by atoms with Crippen molar-refractivity contribution in [3.05, 3.63) is 35.4 Å². The number of benzene rings is 1. The molecule has 6 heteroatoms. The average Bonchev–Trinajstić information content (AvgIpc) is 2.27. The predicted octanol–water partition coefficient (Wildman–Crippen LogP) is 2.28. The second-order valence-corrected chi connectivity index (χ2v) is 4.75. The number of carbonyl (C=O) groups is 1. The number of alkyl halides is 3. The molecule has 0 unspecified atom stereocenters. The molecular weight excluding hydrogens is 257 g/mol. The summed E-state index contributed by atoms with van der Waals surface area (Å²) in [6.45, 7) is 3.15. The van der Waals surface area contributed by atoms with E-state index in [1.807, 2.05) is 0 Å². The van der Waals surface area contributed by atoms with Crippen LogP contribution in [0.1, 0.15) is 25.0 Å². The first-order valence-electron chi connectivity index (χ1n) is 5.81. The number of likely N-dealkylation sites (N-methyl/N-ethyl adjacent to an activating group) is 1. The topological polar surface area (TPSA) is 41.1 Å². The van der Waals surface area contributed by atoms with Crippen molar-refractivity contribution in [3.63, 3.8) is 0 Å². The minimum atomic E-state index is -4.44. The summed E-state index contributed by atoms with van der Waals surface area (Å²) in [5.41, 5.74) is -1.78. The van der Waals surface area contributed by atoms with Gasteiger partial charge in [-0.15, -0.1) is 0 Å². The van der Waals surface area contributed by atoms with Crippen molar-refractivity contribution in [1.29, 1.82) is 0 Å². The maximum atomic E-state index is 12.9. The van der Waals surface area contributed by atoms with E-state index in [0.29, 0.717) is 0 Å². The summed E-state index contributed by atoms with van der Waals surface area (Å²) in [6.07, 6.45) is -4.44. The Morgan fingerprint density at radius 2 is 1.68 bits per heavy atom. The van der Waals surface area contributed by atoms with Crippen LogP contribution < -0.4 is 10.6 Å². The van der Waals surface area contributed by atoms with Crippen LogP contribution in [0.3, 0.4) is 0 Å². The number of nitrogens with one attached hydrogen (secondary N) is 2. The van der Waals surface area contributed by atoms with Crippen molar-refractivity contribution in [2.45, 2.75) is 25.6 Å². The van der Waals surface area contributed by atoms with Crippen LogP contribution in [0.2, 0.25) is 0 Å². The van der Waals surface area contributed by atoms with Crippen LogP contribution in [0.25, 0.3) is 0 Å². The van der Waals surface area contributed by atoms with Gasteiger partial charge in [-0.3, -0.25) is 4.79 Å². The van der Waals surface area contributed by atoms with Crippen LogP contribution in [0, 0.1) is 0 Å². The monoisotopic (exact) mass is 274 g/mol. The molecule has 0 aliphatic rings. The summed E-state index contributed by atoms with van der Waals surface area (Å²) < 4.78 is 38.8. The van der Waals surface area contributed by atoms with Gasteiger partial charge in [-0.25, -0.2) is 0 Å². The van der Waals surface area contributed by atoms with Gasteiger partial charge in [0.25, 0.3) is 0 Å². The molecule has 0 aliphatic heterocycles. The lowest BCUT2D eigenvalue weighted by atomic mass is 9.89. The van der Waals surface area contributed by atoms with Crippen LogP contribution in [-0.2, 0) is 16.5 Å². The first kappa shape index (κ1) is 15.5. The van der Waals surface area contributed by atoms with Gasteiger partial charge in [0, 0.05) is 0 Å². The molecule has 1 rings (SSSR count). The highest BCUT2D eigenvalue weighted by Gasteiger charge is 2.37. The molecule has 0 fully saturated rings. The van der Waals surface area contributed by atoms with Crippen molar-refractivity contribution >= 4 is 5.91 Å². The largest absolute Gasteiger partial charge is 0.416 e. The van der Waals surface area contributed by atoms with E-state index < -0.39 is 17.3 Å². The third-order valence-electron chi connectivity index (χ3n) is 2.70. The molecule has 106 valence electrons. The van der Waals surface area contributed by atoms with Crippen LogP contribution in [-0.4, -0.2) is 19.5 Å². The van der Waals surface area contributed by atoms with Crippen LogP contribution in [0.4, 0.5) is 13.2 Å². The molecule has 0 saturated carbocycles. The summed E-state index contributed by atoms with van der Waals surface area (Å²) in [6, 6.07) is 5.25. The number of rotatable bonds is 4. The molecule has 0 spiro atoms. The highest BCUT2D eigenvalue weighted by Crippen LogP contribution is 2.36. The van der Waals surface area contributed by atoms with Gasteiger partial charge in [-0.05, 0) is 32.5 Å². The third-order valence-corrected chi connectivity index (χ3v) is 2.70. The summed E-state index contributed by atoms with van der Waals surface area (Å²) in [5.74, 6) is -0.357. The third kappa shape index (κ3) is 3.96. The molecule has 1 aromatic rings. The zero-order valence-corrected chi connectivity index (χ0v) is 11.1. The van der Waals surface area contributed by atoms with Gasteiger partial charge in [-0.2, -0.15) is 13.2 Å². The Hall–Kier alpha value is -1.56. The minimum Gasteiger partial charge on any atom is -0.346 e. The lowest BCUT2D eigenvalue weighted by Crippen LogP contribution is -2.45. The minimum absolute atomic E-state index is 0.0481. The first-order valence-corrected chi connectivity index (χ1v) is 5.81. The zero-order valence-electron chi connectivity index (χ0n) is 11.1. The van der Waals surface area contributed by atoms with Crippen molar-refractivity contribution < 1.29 is 18.0 Å². The zero-order chi connectivity index (χ0) is 14.7. The fourth-order valence-corrected chi connectivity index (χ4v) is 1.90. The van der Waals surface area contributed by atoms with Crippen molar-refractivity contribution in [3.8, 4) is 0 Å². The predicted molar refractivity (Wildman–Crippen MR) is 66.5 cm³/mol. The molecule has 0 bridgehead atoms. The second kappa shape index (κ2) is 5.61. The van der Waals surface area contributed by atoms with Gasteiger partial charge < -0.3 is 10.6 Å². The number of hydrogen-bond acceptors (Lipinski definition) is 2. The van der Waals surface area contributed by atoms with E-state index >= 15 is 0 Å². The Balaban J connectivity index is 3.11. The van der Waals surface area contributed by atoms with E-state index in [0.717, 1.165) is 6.07 Å². The van der Waals surface area contributed by atoms with E-state index in [1.165, 1.54) is 18.2 Å². The Labute approximate surface area is 110 Å². The van der Waals surface area contributed by atoms with Crippen molar-refractivity contribution in [2.24, 2.45) is 0 Å². The molecule has 1 aromatic carbocycles. The Bertz CT molecular complexity index is 455. The summed E-state index contributed by atoms with van der Waals surface area (Å²) >= 11 is 0. The Morgan fingerprint density at radius 1 is 1.16 bits per heavy atom. The van der Waals surface area contributed by atoms with Gasteiger partial charge in [-0.1, -0.05) is 18.2 Å². The summed E-state index contributed by atoms with van der Waals surface area (Å²) in [7, 11) is 1.59. The molecule has 0 aromatic heterocycles. The molecule has 0 radical (unpaired) electrons. The normalized spacial score (nSPS) is 12.3. The molecule has 0 atom stereocenters. The quantitative estimate of drug-likeness (QED) is 0.884. The maximum Gasteiger partial charge on any atom is 0.416 e. The average molecular weight is 274 g/mol. The van der Waals surface area contributed by atoms with Crippen molar-refractivity contribution in [1.82, 2.24) is 10.6 Å². The Kier molecular flexibility index (Phi) is 4.57. The molecule has 19 heavy (non-hydrogen) atoms. The molecule has 1 amide bonds. The summed E-state index contributed by atoms with van der Waals surface area (Å²) in [4.78, 5) is 11.5. The van der Waals surface area contributed by atoms with Crippen LogP contribution in [0.5, 0.6) is 0 Å². The van der Waals surface area contributed by atoms with E-state index in [1.54, 1.807) is 20.9 Å². The highest BCUT2D eigenvalue weighted by molar-refractivity contribution is 5.79. The van der Waals surface area contributed by atoms with E-state index in [9.17, 15) is 18.0 Å². The number of amides is 1. The molecular formula is C13H17F3N2O. The molecule has 0 heterocycles. The molecule has 3 nitrogen and oxygen atoms in total. The highest BCUT2D eigenvalue weighted by atomic mass is 19.4. The molecule has 2 N–H and O–H groups in total. The van der Waals surface area contributed by atoms with Crippen LogP contribution in [0.15, 0.2) is 24.3 Å².